The van der Waals surface area contributed by atoms with Crippen LogP contribution in [-0.2, 0) is 16.9 Å². The van der Waals surface area contributed by atoms with Crippen LogP contribution in [0.3, 0.4) is 0 Å². The molecular weight excluding hydrogens is 370 g/mol. The van der Waals surface area contributed by atoms with E-state index >= 15 is 0 Å². The minimum absolute atomic E-state index is 0.165. The molecule has 0 aliphatic heterocycles. The highest BCUT2D eigenvalue weighted by Crippen LogP contribution is 2.49. The van der Waals surface area contributed by atoms with E-state index in [0.29, 0.717) is 12.5 Å². The van der Waals surface area contributed by atoms with Crippen LogP contribution in [0.15, 0.2) is 101 Å². The van der Waals surface area contributed by atoms with Gasteiger partial charge in [-0.25, -0.2) is 0 Å². The van der Waals surface area contributed by atoms with Crippen LogP contribution in [0.4, 0.5) is 0 Å². The van der Waals surface area contributed by atoms with Crippen LogP contribution in [0, 0.1) is 5.92 Å². The van der Waals surface area contributed by atoms with Gasteiger partial charge in [-0.3, -0.25) is 0 Å². The van der Waals surface area contributed by atoms with Crippen molar-refractivity contribution in [1.82, 2.24) is 0 Å². The summed E-state index contributed by atoms with van der Waals surface area (Å²) in [5.74, 6) is 1.12. The molecule has 0 spiro atoms. The average Bonchev–Trinajstić information content (AvgIpc) is 3.20. The Morgan fingerprint density at radius 2 is 1.60 bits per heavy atom. The number of benzene rings is 3. The van der Waals surface area contributed by atoms with Gasteiger partial charge in [-0.1, -0.05) is 90.9 Å². The zero-order valence-electron chi connectivity index (χ0n) is 17.1. The Morgan fingerprint density at radius 3 is 2.33 bits per heavy atom. The van der Waals surface area contributed by atoms with Gasteiger partial charge in [0.2, 0.25) is 0 Å². The highest BCUT2D eigenvalue weighted by molar-refractivity contribution is 6.03. The van der Waals surface area contributed by atoms with Crippen LogP contribution in [0.5, 0.6) is 0 Å². The third-order valence-corrected chi connectivity index (χ3v) is 6.17. The van der Waals surface area contributed by atoms with Crippen LogP contribution in [0.2, 0.25) is 0 Å². The molecule has 1 heterocycles. The molecule has 0 bridgehead atoms. The van der Waals surface area contributed by atoms with E-state index in [0.717, 1.165) is 40.8 Å². The Morgan fingerprint density at radius 1 is 0.933 bits per heavy atom. The van der Waals surface area contributed by atoms with Crippen molar-refractivity contribution in [2.24, 2.45) is 11.1 Å². The second-order valence-electron chi connectivity index (χ2n) is 8.42. The Bertz CT molecular complexity index is 1120. The van der Waals surface area contributed by atoms with Gasteiger partial charge in [0.25, 0.3) is 0 Å². The third kappa shape index (κ3) is 3.63. The predicted molar refractivity (Wildman–Crippen MR) is 121 cm³/mol. The predicted octanol–water partition coefficient (Wildman–Crippen LogP) is 6.72. The molecule has 1 fully saturated rings. The number of furan rings is 1. The molecule has 1 aromatic heterocycles. The van der Waals surface area contributed by atoms with E-state index in [-0.39, 0.29) is 5.41 Å². The van der Waals surface area contributed by atoms with E-state index in [1.165, 1.54) is 5.56 Å². The van der Waals surface area contributed by atoms with Crippen molar-refractivity contribution in [3.63, 3.8) is 0 Å². The molecule has 150 valence electrons. The summed E-state index contributed by atoms with van der Waals surface area (Å²) in [5, 5.41) is 5.68. The standard InChI is InChI=1S/C27H25NO2/c1-27(23-13-6-3-7-14-23)17-22(18-27)26(28-29-19-20-10-4-2-5-11-20)25-16-21-12-8-9-15-24(21)30-25/h2-16,22H,17-19H2,1H3. The average molecular weight is 396 g/mol. The van der Waals surface area contributed by atoms with Gasteiger partial charge in [0.15, 0.2) is 5.76 Å². The SMILES string of the molecule is CC1(c2ccccc2)CC(C(=NOCc2ccccc2)c2cc3ccccc3o2)C1. The smallest absolute Gasteiger partial charge is 0.153 e. The van der Waals surface area contributed by atoms with E-state index in [9.17, 15) is 0 Å². The van der Waals surface area contributed by atoms with E-state index in [1.807, 2.05) is 48.5 Å². The summed E-state index contributed by atoms with van der Waals surface area (Å²) in [6, 6.07) is 31.0. The number of hydrogen-bond donors (Lipinski definition) is 0. The highest BCUT2D eigenvalue weighted by atomic mass is 16.6. The van der Waals surface area contributed by atoms with Gasteiger partial charge in [0, 0.05) is 11.3 Å². The summed E-state index contributed by atoms with van der Waals surface area (Å²) in [5.41, 5.74) is 4.45. The molecule has 3 aromatic carbocycles. The number of oxime groups is 1. The molecule has 0 amide bonds. The Labute approximate surface area is 177 Å². The van der Waals surface area contributed by atoms with Gasteiger partial charge < -0.3 is 9.25 Å². The molecule has 1 aliphatic carbocycles. The Balaban J connectivity index is 1.41. The Hall–Kier alpha value is -3.33. The van der Waals surface area contributed by atoms with Crippen LogP contribution in [-0.4, -0.2) is 5.71 Å². The third-order valence-electron chi connectivity index (χ3n) is 6.17. The summed E-state index contributed by atoms with van der Waals surface area (Å²) in [4.78, 5) is 5.79. The number of nitrogens with zero attached hydrogens (tertiary/aromatic N) is 1. The van der Waals surface area contributed by atoms with Crippen molar-refractivity contribution in [2.45, 2.75) is 31.8 Å². The maximum atomic E-state index is 6.15. The molecule has 0 N–H and O–H groups in total. The number of hydrogen-bond acceptors (Lipinski definition) is 3. The lowest BCUT2D eigenvalue weighted by molar-refractivity contribution is 0.123. The lowest BCUT2D eigenvalue weighted by Crippen LogP contribution is -2.42. The van der Waals surface area contributed by atoms with Gasteiger partial charge in [-0.15, -0.1) is 0 Å². The first-order valence-corrected chi connectivity index (χ1v) is 10.5. The van der Waals surface area contributed by atoms with Crippen molar-refractivity contribution < 1.29 is 9.25 Å². The minimum atomic E-state index is 0.165. The lowest BCUT2D eigenvalue weighted by atomic mass is 9.58. The van der Waals surface area contributed by atoms with Crippen molar-refractivity contribution in [3.05, 3.63) is 108 Å². The molecule has 0 atom stereocenters. The first kappa shape index (κ1) is 18.7. The second-order valence-corrected chi connectivity index (χ2v) is 8.42. The molecule has 0 unspecified atom stereocenters. The molecule has 3 heteroatoms. The van der Waals surface area contributed by atoms with Gasteiger partial charge in [0.05, 0.1) is 0 Å². The summed E-state index contributed by atoms with van der Waals surface area (Å²) < 4.78 is 6.15. The molecule has 0 saturated heterocycles. The quantitative estimate of drug-likeness (QED) is 0.268. The molecule has 0 radical (unpaired) electrons. The molecule has 1 saturated carbocycles. The second kappa shape index (κ2) is 7.83. The van der Waals surface area contributed by atoms with Gasteiger partial charge in [-0.05, 0) is 41.5 Å². The van der Waals surface area contributed by atoms with E-state index < -0.39 is 0 Å². The fourth-order valence-electron chi connectivity index (χ4n) is 4.48. The van der Waals surface area contributed by atoms with E-state index in [2.05, 4.69) is 54.5 Å². The molecule has 4 aromatic rings. The highest BCUT2D eigenvalue weighted by Gasteiger charge is 2.45. The molecule has 5 rings (SSSR count). The van der Waals surface area contributed by atoms with Gasteiger partial charge >= 0.3 is 0 Å². The van der Waals surface area contributed by atoms with Gasteiger partial charge in [-0.2, -0.15) is 0 Å². The maximum absolute atomic E-state index is 6.15. The van der Waals surface area contributed by atoms with Crippen molar-refractivity contribution in [1.29, 1.82) is 0 Å². The summed E-state index contributed by atoms with van der Waals surface area (Å²) in [6.07, 6.45) is 2.06. The van der Waals surface area contributed by atoms with Crippen LogP contribution >= 0.6 is 0 Å². The first-order chi connectivity index (χ1) is 14.7. The Kier molecular flexibility index (Phi) is 4.88. The van der Waals surface area contributed by atoms with Crippen molar-refractivity contribution in [3.8, 4) is 0 Å². The summed E-state index contributed by atoms with van der Waals surface area (Å²) in [7, 11) is 0. The van der Waals surface area contributed by atoms with Crippen LogP contribution in [0.1, 0.15) is 36.7 Å². The van der Waals surface area contributed by atoms with Crippen LogP contribution < -0.4 is 0 Å². The number of rotatable bonds is 6. The lowest BCUT2D eigenvalue weighted by Gasteiger charge is -2.45. The largest absolute Gasteiger partial charge is 0.455 e. The van der Waals surface area contributed by atoms with E-state index in [4.69, 9.17) is 9.25 Å². The van der Waals surface area contributed by atoms with Crippen molar-refractivity contribution >= 4 is 16.7 Å². The van der Waals surface area contributed by atoms with Crippen molar-refractivity contribution in [2.75, 3.05) is 0 Å². The normalized spacial score (nSPS) is 21.4. The zero-order chi connectivity index (χ0) is 20.4. The van der Waals surface area contributed by atoms with Gasteiger partial charge in [0.1, 0.15) is 17.9 Å². The molecule has 1 aliphatic rings. The van der Waals surface area contributed by atoms with E-state index in [1.54, 1.807) is 0 Å². The molecular formula is C27H25NO2. The monoisotopic (exact) mass is 395 g/mol. The number of fused-ring (bicyclic) bond motifs is 1. The number of para-hydroxylation sites is 1. The maximum Gasteiger partial charge on any atom is 0.153 e. The fraction of sp³-hybridized carbons (Fsp3) is 0.222. The van der Waals surface area contributed by atoms with Crippen LogP contribution in [0.25, 0.3) is 11.0 Å². The zero-order valence-corrected chi connectivity index (χ0v) is 17.1. The topological polar surface area (TPSA) is 34.7 Å². The summed E-state index contributed by atoms with van der Waals surface area (Å²) in [6.45, 7) is 2.78. The fourth-order valence-corrected chi connectivity index (χ4v) is 4.48. The first-order valence-electron chi connectivity index (χ1n) is 10.5. The molecule has 30 heavy (non-hydrogen) atoms. The minimum Gasteiger partial charge on any atom is -0.455 e. The summed E-state index contributed by atoms with van der Waals surface area (Å²) >= 11 is 0. The molecule has 3 nitrogen and oxygen atoms in total.